The minimum absolute atomic E-state index is 0.0365. The molecule has 0 atom stereocenters. The summed E-state index contributed by atoms with van der Waals surface area (Å²) in [5.41, 5.74) is -0.213. The van der Waals surface area contributed by atoms with Crippen molar-refractivity contribution in [3.05, 3.63) is 18.0 Å². The summed E-state index contributed by atoms with van der Waals surface area (Å²) < 4.78 is 26.1. The lowest BCUT2D eigenvalue weighted by atomic mass is 10.3. The molecule has 0 aliphatic rings. The first-order valence-electron chi connectivity index (χ1n) is 6.51. The van der Waals surface area contributed by atoms with Gasteiger partial charge in [0, 0.05) is 32.3 Å². The molecule has 0 saturated carbocycles. The van der Waals surface area contributed by atoms with Crippen LogP contribution in [-0.2, 0) is 14.8 Å². The van der Waals surface area contributed by atoms with E-state index in [1.54, 1.807) is 4.90 Å². The van der Waals surface area contributed by atoms with E-state index in [4.69, 9.17) is 5.11 Å². The highest BCUT2D eigenvalue weighted by atomic mass is 32.2. The van der Waals surface area contributed by atoms with Crippen LogP contribution in [0.5, 0.6) is 0 Å². The van der Waals surface area contributed by atoms with Crippen LogP contribution in [0, 0.1) is 0 Å². The Hall–Kier alpha value is -1.87. The lowest BCUT2D eigenvalue weighted by Gasteiger charge is -2.18. The minimum Gasteiger partial charge on any atom is -0.477 e. The second kappa shape index (κ2) is 7.23. The quantitative estimate of drug-likeness (QED) is 0.635. The maximum atomic E-state index is 11.9. The van der Waals surface area contributed by atoms with Crippen molar-refractivity contribution < 1.29 is 23.1 Å². The predicted octanol–water partition coefficient (Wildman–Crippen LogP) is 0.250. The Balaban J connectivity index is 2.61. The van der Waals surface area contributed by atoms with Gasteiger partial charge in [-0.15, -0.1) is 0 Å². The molecule has 0 spiro atoms. The molecule has 0 aliphatic carbocycles. The van der Waals surface area contributed by atoms with Crippen LogP contribution in [-0.4, -0.2) is 54.9 Å². The minimum atomic E-state index is -3.82. The number of aromatic carboxylic acids is 1. The Kier molecular flexibility index (Phi) is 5.91. The van der Waals surface area contributed by atoms with Gasteiger partial charge >= 0.3 is 5.97 Å². The van der Waals surface area contributed by atoms with Gasteiger partial charge in [0.15, 0.2) is 0 Å². The van der Waals surface area contributed by atoms with E-state index in [0.29, 0.717) is 13.1 Å². The molecule has 1 aromatic rings. The van der Waals surface area contributed by atoms with Gasteiger partial charge in [0.2, 0.25) is 15.9 Å². The first kappa shape index (κ1) is 17.2. The summed E-state index contributed by atoms with van der Waals surface area (Å²) in [5, 5.41) is 8.73. The molecule has 0 saturated heterocycles. The van der Waals surface area contributed by atoms with Crippen molar-refractivity contribution in [2.24, 2.45) is 0 Å². The Bertz CT molecular complexity index is 604. The van der Waals surface area contributed by atoms with Crippen molar-refractivity contribution in [1.29, 1.82) is 0 Å². The molecule has 0 bridgehead atoms. The van der Waals surface area contributed by atoms with Gasteiger partial charge in [-0.1, -0.05) is 0 Å². The molecule has 1 rings (SSSR count). The van der Waals surface area contributed by atoms with Gasteiger partial charge in [0.25, 0.3) is 0 Å². The van der Waals surface area contributed by atoms with Crippen molar-refractivity contribution in [3.8, 4) is 0 Å². The van der Waals surface area contributed by atoms with Gasteiger partial charge < -0.3 is 15.0 Å². The fourth-order valence-corrected chi connectivity index (χ4v) is 2.79. The number of carboxylic acid groups (broad SMARTS) is 1. The van der Waals surface area contributed by atoms with E-state index >= 15 is 0 Å². The van der Waals surface area contributed by atoms with E-state index in [0.717, 1.165) is 12.3 Å². The van der Waals surface area contributed by atoms with Gasteiger partial charge in [-0.25, -0.2) is 17.9 Å². The summed E-state index contributed by atoms with van der Waals surface area (Å²) in [6.45, 7) is 4.80. The second-order valence-corrected chi connectivity index (χ2v) is 6.03. The number of amides is 1. The van der Waals surface area contributed by atoms with Crippen molar-refractivity contribution in [2.75, 3.05) is 19.6 Å². The van der Waals surface area contributed by atoms with Crippen LogP contribution in [0.2, 0.25) is 0 Å². The van der Waals surface area contributed by atoms with Crippen LogP contribution in [0.15, 0.2) is 17.2 Å². The fourth-order valence-electron chi connectivity index (χ4n) is 1.76. The van der Waals surface area contributed by atoms with Crippen molar-refractivity contribution >= 4 is 21.9 Å². The van der Waals surface area contributed by atoms with E-state index in [9.17, 15) is 18.0 Å². The molecule has 0 fully saturated rings. The zero-order valence-electron chi connectivity index (χ0n) is 11.9. The number of nitrogens with one attached hydrogen (secondary N) is 2. The summed E-state index contributed by atoms with van der Waals surface area (Å²) in [6.07, 6.45) is 1.15. The third-order valence-electron chi connectivity index (χ3n) is 2.94. The Labute approximate surface area is 123 Å². The second-order valence-electron chi connectivity index (χ2n) is 4.27. The largest absolute Gasteiger partial charge is 0.477 e. The molecule has 1 amide bonds. The molecule has 8 nitrogen and oxygen atoms in total. The Morgan fingerprint density at radius 3 is 2.43 bits per heavy atom. The van der Waals surface area contributed by atoms with E-state index in [1.807, 2.05) is 13.8 Å². The Morgan fingerprint density at radius 1 is 1.33 bits per heavy atom. The zero-order valence-corrected chi connectivity index (χ0v) is 12.7. The topological polar surface area (TPSA) is 120 Å². The average molecular weight is 317 g/mol. The van der Waals surface area contributed by atoms with Crippen LogP contribution in [0.3, 0.4) is 0 Å². The molecule has 0 aliphatic heterocycles. The SMILES string of the molecule is CCN(CC)C(=O)CCNS(=O)(=O)c1c[nH]c(C(=O)O)c1. The first-order chi connectivity index (χ1) is 9.81. The number of carboxylic acids is 1. The lowest BCUT2D eigenvalue weighted by Crippen LogP contribution is -2.34. The van der Waals surface area contributed by atoms with E-state index in [2.05, 4.69) is 9.71 Å². The number of rotatable bonds is 8. The van der Waals surface area contributed by atoms with Gasteiger partial charge in [0.1, 0.15) is 10.6 Å². The van der Waals surface area contributed by atoms with Crippen LogP contribution in [0.4, 0.5) is 0 Å². The van der Waals surface area contributed by atoms with Crippen molar-refractivity contribution in [2.45, 2.75) is 25.2 Å². The third-order valence-corrected chi connectivity index (χ3v) is 4.38. The van der Waals surface area contributed by atoms with Gasteiger partial charge in [-0.05, 0) is 19.9 Å². The maximum Gasteiger partial charge on any atom is 0.352 e. The summed E-state index contributed by atoms with van der Waals surface area (Å²) >= 11 is 0. The number of sulfonamides is 1. The molecular formula is C12H19N3O5S. The van der Waals surface area contributed by atoms with E-state index in [1.165, 1.54) is 0 Å². The molecule has 9 heteroatoms. The van der Waals surface area contributed by atoms with Crippen molar-refractivity contribution in [1.82, 2.24) is 14.6 Å². The molecule has 118 valence electrons. The van der Waals surface area contributed by atoms with Crippen molar-refractivity contribution in [3.63, 3.8) is 0 Å². The van der Waals surface area contributed by atoms with Crippen LogP contribution >= 0.6 is 0 Å². The summed E-state index contributed by atoms with van der Waals surface area (Å²) in [5.74, 6) is -1.38. The molecule has 0 aromatic carbocycles. The number of hydrogen-bond donors (Lipinski definition) is 3. The number of hydrogen-bond acceptors (Lipinski definition) is 4. The first-order valence-corrected chi connectivity index (χ1v) is 7.99. The Morgan fingerprint density at radius 2 is 1.95 bits per heavy atom. The molecule has 21 heavy (non-hydrogen) atoms. The smallest absolute Gasteiger partial charge is 0.352 e. The van der Waals surface area contributed by atoms with Gasteiger partial charge in [-0.3, -0.25) is 4.79 Å². The molecule has 1 aromatic heterocycles. The maximum absolute atomic E-state index is 11.9. The summed E-state index contributed by atoms with van der Waals surface area (Å²) in [6, 6.07) is 1.02. The summed E-state index contributed by atoms with van der Waals surface area (Å²) in [4.78, 5) is 26.2. The number of nitrogens with zero attached hydrogens (tertiary/aromatic N) is 1. The molecule has 1 heterocycles. The average Bonchev–Trinajstić information content (AvgIpc) is 2.90. The number of carbonyl (C=O) groups excluding carboxylic acids is 1. The molecule has 0 unspecified atom stereocenters. The predicted molar refractivity (Wildman–Crippen MR) is 75.5 cm³/mol. The summed E-state index contributed by atoms with van der Waals surface area (Å²) in [7, 11) is -3.82. The highest BCUT2D eigenvalue weighted by Gasteiger charge is 2.18. The van der Waals surface area contributed by atoms with E-state index < -0.39 is 16.0 Å². The van der Waals surface area contributed by atoms with Crippen LogP contribution in [0.1, 0.15) is 30.8 Å². The third kappa shape index (κ3) is 4.57. The lowest BCUT2D eigenvalue weighted by molar-refractivity contribution is -0.130. The van der Waals surface area contributed by atoms with Crippen LogP contribution < -0.4 is 4.72 Å². The molecule has 0 radical (unpaired) electrons. The normalized spacial score (nSPS) is 11.3. The highest BCUT2D eigenvalue weighted by molar-refractivity contribution is 7.89. The number of aromatic amines is 1. The standard InChI is InChI=1S/C12H19N3O5S/c1-3-15(4-2)11(16)5-6-14-21(19,20)9-7-10(12(17)18)13-8-9/h7-8,13-14H,3-6H2,1-2H3,(H,17,18). The zero-order chi connectivity index (χ0) is 16.0. The highest BCUT2D eigenvalue weighted by Crippen LogP contribution is 2.10. The van der Waals surface area contributed by atoms with Gasteiger partial charge in [0.05, 0.1) is 0 Å². The molecular weight excluding hydrogens is 298 g/mol. The van der Waals surface area contributed by atoms with Gasteiger partial charge in [-0.2, -0.15) is 0 Å². The number of H-pyrrole nitrogens is 1. The van der Waals surface area contributed by atoms with Crippen LogP contribution in [0.25, 0.3) is 0 Å². The fraction of sp³-hybridized carbons (Fsp3) is 0.500. The monoisotopic (exact) mass is 317 g/mol. The molecule has 3 N–H and O–H groups in total. The van der Waals surface area contributed by atoms with E-state index in [-0.39, 0.29) is 29.5 Å². The number of aromatic nitrogens is 1. The number of carbonyl (C=O) groups is 2.